The molecule has 0 unspecified atom stereocenters. The molecule has 0 aliphatic rings. The lowest BCUT2D eigenvalue weighted by Gasteiger charge is -2.11. The maximum absolute atomic E-state index is 12.2. The van der Waals surface area contributed by atoms with Crippen LogP contribution in [0.3, 0.4) is 0 Å². The van der Waals surface area contributed by atoms with Crippen molar-refractivity contribution in [3.63, 3.8) is 0 Å². The predicted octanol–water partition coefficient (Wildman–Crippen LogP) is 1.29. The number of benzene rings is 1. The van der Waals surface area contributed by atoms with Crippen LogP contribution >= 0.6 is 0 Å². The van der Waals surface area contributed by atoms with E-state index in [1.54, 1.807) is 18.2 Å². The molecule has 0 radical (unpaired) electrons. The second-order valence-corrected chi connectivity index (χ2v) is 5.92. The Balaban J connectivity index is 2.28. The highest BCUT2D eigenvalue weighted by Crippen LogP contribution is 2.30. The second-order valence-electron chi connectivity index (χ2n) is 4.24. The van der Waals surface area contributed by atoms with Crippen LogP contribution in [-0.2, 0) is 16.6 Å². The van der Waals surface area contributed by atoms with Crippen LogP contribution in [0.2, 0.25) is 0 Å². The van der Waals surface area contributed by atoms with Gasteiger partial charge in [0.2, 0.25) is 0 Å². The highest BCUT2D eigenvalue weighted by molar-refractivity contribution is 7.92. The fourth-order valence-corrected chi connectivity index (χ4v) is 2.87. The molecule has 21 heavy (non-hydrogen) atoms. The maximum Gasteiger partial charge on any atom is 0.263 e. The average Bonchev–Trinajstić information content (AvgIpc) is 2.96. The first-order valence-electron chi connectivity index (χ1n) is 6.12. The first kappa shape index (κ1) is 15.2. The van der Waals surface area contributed by atoms with E-state index in [4.69, 9.17) is 15.2 Å². The number of hydrogen-bond donors (Lipinski definition) is 3. The number of anilines is 1. The van der Waals surface area contributed by atoms with Crippen molar-refractivity contribution in [2.24, 2.45) is 5.73 Å². The largest absolute Gasteiger partial charge is 0.493 e. The van der Waals surface area contributed by atoms with E-state index in [0.29, 0.717) is 22.9 Å². The van der Waals surface area contributed by atoms with Crippen LogP contribution in [0.15, 0.2) is 35.4 Å². The zero-order valence-corrected chi connectivity index (χ0v) is 12.5. The molecular weight excluding hydrogens is 294 g/mol. The van der Waals surface area contributed by atoms with Crippen LogP contribution in [0.25, 0.3) is 0 Å². The number of rotatable bonds is 6. The fourth-order valence-electron chi connectivity index (χ4n) is 1.81. The Hall–Kier alpha value is -2.19. The predicted molar refractivity (Wildman–Crippen MR) is 79.0 cm³/mol. The summed E-state index contributed by atoms with van der Waals surface area (Å²) in [5.74, 6) is 0.960. The molecule has 2 aromatic rings. The van der Waals surface area contributed by atoms with Crippen molar-refractivity contribution in [3.05, 3.63) is 36.2 Å². The van der Waals surface area contributed by atoms with Gasteiger partial charge < -0.3 is 20.2 Å². The number of aromatic amines is 1. The Morgan fingerprint density at radius 3 is 2.48 bits per heavy atom. The highest BCUT2D eigenvalue weighted by atomic mass is 32.2. The van der Waals surface area contributed by atoms with Crippen LogP contribution in [-0.4, -0.2) is 27.6 Å². The molecule has 0 spiro atoms. The van der Waals surface area contributed by atoms with Gasteiger partial charge in [-0.2, -0.15) is 0 Å². The standard InChI is InChI=1S/C13H17N3O4S/c1-19-12-4-3-9(6-13(12)20-2)16-21(17,18)11-5-10(7-14)15-8-11/h3-6,8,15-16H,7,14H2,1-2H3. The van der Waals surface area contributed by atoms with Gasteiger partial charge in [-0.3, -0.25) is 4.72 Å². The van der Waals surface area contributed by atoms with Gasteiger partial charge in [0, 0.05) is 24.5 Å². The van der Waals surface area contributed by atoms with Gasteiger partial charge >= 0.3 is 0 Å². The van der Waals surface area contributed by atoms with Crippen molar-refractivity contribution in [1.29, 1.82) is 0 Å². The van der Waals surface area contributed by atoms with E-state index in [-0.39, 0.29) is 11.4 Å². The van der Waals surface area contributed by atoms with E-state index in [9.17, 15) is 8.42 Å². The first-order valence-corrected chi connectivity index (χ1v) is 7.60. The molecule has 0 aliphatic heterocycles. The number of nitrogens with two attached hydrogens (primary N) is 1. The molecule has 8 heteroatoms. The molecule has 0 aliphatic carbocycles. The van der Waals surface area contributed by atoms with Crippen LogP contribution < -0.4 is 19.9 Å². The zero-order valence-electron chi connectivity index (χ0n) is 11.7. The molecule has 0 bridgehead atoms. The Kier molecular flexibility index (Phi) is 4.39. The number of nitrogens with one attached hydrogen (secondary N) is 2. The number of aromatic nitrogens is 1. The summed E-state index contributed by atoms with van der Waals surface area (Å²) >= 11 is 0. The van der Waals surface area contributed by atoms with E-state index in [1.807, 2.05) is 0 Å². The summed E-state index contributed by atoms with van der Waals surface area (Å²) in [7, 11) is -0.689. The van der Waals surface area contributed by atoms with Gasteiger partial charge in [0.25, 0.3) is 10.0 Å². The number of H-pyrrole nitrogens is 1. The van der Waals surface area contributed by atoms with Crippen molar-refractivity contribution in [1.82, 2.24) is 4.98 Å². The normalized spacial score (nSPS) is 11.2. The molecule has 4 N–H and O–H groups in total. The van der Waals surface area contributed by atoms with Gasteiger partial charge in [0.05, 0.1) is 19.9 Å². The Morgan fingerprint density at radius 2 is 1.90 bits per heavy atom. The van der Waals surface area contributed by atoms with Gasteiger partial charge in [-0.15, -0.1) is 0 Å². The molecule has 2 rings (SSSR count). The third kappa shape index (κ3) is 3.29. The minimum atomic E-state index is -3.68. The molecule has 0 saturated heterocycles. The summed E-state index contributed by atoms with van der Waals surface area (Å²) in [5, 5.41) is 0. The number of sulfonamides is 1. The summed E-state index contributed by atoms with van der Waals surface area (Å²) in [5.41, 5.74) is 6.47. The Labute approximate surface area is 123 Å². The lowest BCUT2D eigenvalue weighted by molar-refractivity contribution is 0.355. The van der Waals surface area contributed by atoms with Gasteiger partial charge in [0.1, 0.15) is 4.90 Å². The Morgan fingerprint density at radius 1 is 1.19 bits per heavy atom. The molecule has 7 nitrogen and oxygen atoms in total. The number of methoxy groups -OCH3 is 2. The van der Waals surface area contributed by atoms with Crippen molar-refractivity contribution in [2.75, 3.05) is 18.9 Å². The summed E-state index contributed by atoms with van der Waals surface area (Å²) in [6, 6.07) is 6.25. The third-order valence-corrected chi connectivity index (χ3v) is 4.24. The van der Waals surface area contributed by atoms with Crippen LogP contribution in [0.4, 0.5) is 5.69 Å². The Bertz CT molecular complexity index is 725. The number of ether oxygens (including phenoxy) is 2. The van der Waals surface area contributed by atoms with Crippen molar-refractivity contribution < 1.29 is 17.9 Å². The smallest absolute Gasteiger partial charge is 0.263 e. The van der Waals surface area contributed by atoms with Gasteiger partial charge in [-0.25, -0.2) is 8.42 Å². The zero-order chi connectivity index (χ0) is 15.5. The van der Waals surface area contributed by atoms with E-state index in [2.05, 4.69) is 9.71 Å². The van der Waals surface area contributed by atoms with Crippen LogP contribution in [0, 0.1) is 0 Å². The van der Waals surface area contributed by atoms with E-state index < -0.39 is 10.0 Å². The quantitative estimate of drug-likeness (QED) is 0.745. The van der Waals surface area contributed by atoms with Crippen molar-refractivity contribution >= 4 is 15.7 Å². The molecule has 1 aromatic heterocycles. The molecule has 0 atom stereocenters. The monoisotopic (exact) mass is 311 g/mol. The van der Waals surface area contributed by atoms with Gasteiger partial charge in [-0.1, -0.05) is 0 Å². The topological polar surface area (TPSA) is 106 Å². The first-order chi connectivity index (χ1) is 10.00. The summed E-state index contributed by atoms with van der Waals surface area (Å²) in [6.45, 7) is 0.242. The summed E-state index contributed by atoms with van der Waals surface area (Å²) < 4.78 is 37.2. The van der Waals surface area contributed by atoms with E-state index >= 15 is 0 Å². The lowest BCUT2D eigenvalue weighted by Crippen LogP contribution is -2.12. The minimum absolute atomic E-state index is 0.123. The van der Waals surface area contributed by atoms with Crippen molar-refractivity contribution in [3.8, 4) is 11.5 Å². The van der Waals surface area contributed by atoms with E-state index in [1.165, 1.54) is 26.5 Å². The van der Waals surface area contributed by atoms with E-state index in [0.717, 1.165) is 0 Å². The molecule has 1 heterocycles. The van der Waals surface area contributed by atoms with Gasteiger partial charge in [-0.05, 0) is 18.2 Å². The second kappa shape index (κ2) is 6.06. The molecule has 0 amide bonds. The average molecular weight is 311 g/mol. The van der Waals surface area contributed by atoms with Crippen molar-refractivity contribution in [2.45, 2.75) is 11.4 Å². The molecule has 114 valence electrons. The highest BCUT2D eigenvalue weighted by Gasteiger charge is 2.17. The lowest BCUT2D eigenvalue weighted by atomic mass is 10.3. The number of hydrogen-bond acceptors (Lipinski definition) is 5. The summed E-state index contributed by atoms with van der Waals surface area (Å²) in [4.78, 5) is 2.92. The SMILES string of the molecule is COc1ccc(NS(=O)(=O)c2c[nH]c(CN)c2)cc1OC. The molecular formula is C13H17N3O4S. The van der Waals surface area contributed by atoms with Gasteiger partial charge in [0.15, 0.2) is 11.5 Å². The van der Waals surface area contributed by atoms with Crippen LogP contribution in [0.1, 0.15) is 5.69 Å². The maximum atomic E-state index is 12.2. The summed E-state index contributed by atoms with van der Waals surface area (Å²) in [6.07, 6.45) is 1.39. The molecule has 0 fully saturated rings. The molecule has 1 aromatic carbocycles. The fraction of sp³-hybridized carbons (Fsp3) is 0.231. The van der Waals surface area contributed by atoms with Crippen LogP contribution in [0.5, 0.6) is 11.5 Å². The molecule has 0 saturated carbocycles. The third-order valence-electron chi connectivity index (χ3n) is 2.88. The minimum Gasteiger partial charge on any atom is -0.493 e.